The van der Waals surface area contributed by atoms with E-state index in [1.54, 1.807) is 0 Å². The molecule has 0 radical (unpaired) electrons. The lowest BCUT2D eigenvalue weighted by Crippen LogP contribution is -2.46. The molecule has 2 aromatic rings. The third-order valence-electron chi connectivity index (χ3n) is 7.88. The minimum absolute atomic E-state index is 0.0789. The van der Waals surface area contributed by atoms with Gasteiger partial charge in [-0.3, -0.25) is 19.4 Å². The molecule has 0 aliphatic carbocycles. The molecule has 222 valence electrons. The van der Waals surface area contributed by atoms with Gasteiger partial charge in [0.05, 0.1) is 12.1 Å². The standard InChI is InChI=1S/C34H54N4O2/c1-9-21-37(29(11-3)33(39)35-31-25(5)17-15-18-26(31)6)23-13-14-24-38(22-10-2)30(12-4)34(40)36-32-27(7)19-16-20-28(32)8/h15-20,29-30H,9-14,21-24H2,1-8H3,(H,35,39)(H,36,40). The minimum atomic E-state index is -0.155. The molecule has 2 amide bonds. The first-order chi connectivity index (χ1) is 19.2. The summed E-state index contributed by atoms with van der Waals surface area (Å²) < 4.78 is 0. The zero-order valence-electron chi connectivity index (χ0n) is 26.4. The van der Waals surface area contributed by atoms with Gasteiger partial charge < -0.3 is 10.6 Å². The number of unbranched alkanes of at least 4 members (excludes halogenated alkanes) is 1. The summed E-state index contributed by atoms with van der Waals surface area (Å²) >= 11 is 0. The predicted octanol–water partition coefficient (Wildman–Crippen LogP) is 7.26. The van der Waals surface area contributed by atoms with Gasteiger partial charge in [-0.05, 0) is 115 Å². The van der Waals surface area contributed by atoms with E-state index in [9.17, 15) is 9.59 Å². The molecule has 0 fully saturated rings. The van der Waals surface area contributed by atoms with Crippen molar-refractivity contribution >= 4 is 23.2 Å². The van der Waals surface area contributed by atoms with Crippen LogP contribution < -0.4 is 10.6 Å². The maximum absolute atomic E-state index is 13.4. The third-order valence-corrected chi connectivity index (χ3v) is 7.88. The molecule has 0 saturated carbocycles. The second kappa shape index (κ2) is 17.2. The van der Waals surface area contributed by atoms with Gasteiger partial charge in [-0.2, -0.15) is 0 Å². The zero-order chi connectivity index (χ0) is 29.7. The van der Waals surface area contributed by atoms with Gasteiger partial charge in [0, 0.05) is 11.4 Å². The zero-order valence-corrected chi connectivity index (χ0v) is 26.4. The monoisotopic (exact) mass is 550 g/mol. The van der Waals surface area contributed by atoms with Crippen molar-refractivity contribution in [1.29, 1.82) is 0 Å². The van der Waals surface area contributed by atoms with Crippen molar-refractivity contribution in [2.24, 2.45) is 0 Å². The molecule has 0 aliphatic rings. The number of amides is 2. The first-order valence-electron chi connectivity index (χ1n) is 15.4. The fourth-order valence-electron chi connectivity index (χ4n) is 5.71. The molecule has 0 aliphatic heterocycles. The summed E-state index contributed by atoms with van der Waals surface area (Å²) in [5.74, 6) is 0.158. The maximum Gasteiger partial charge on any atom is 0.241 e. The van der Waals surface area contributed by atoms with Gasteiger partial charge in [0.2, 0.25) is 11.8 Å². The summed E-state index contributed by atoms with van der Waals surface area (Å²) in [5, 5.41) is 6.45. The van der Waals surface area contributed by atoms with Crippen molar-refractivity contribution < 1.29 is 9.59 Å². The Bertz CT molecular complexity index is 958. The van der Waals surface area contributed by atoms with Gasteiger partial charge in [-0.25, -0.2) is 0 Å². The first kappa shape index (κ1) is 33.5. The average Bonchev–Trinajstić information content (AvgIpc) is 2.91. The van der Waals surface area contributed by atoms with Crippen LogP contribution in [0.2, 0.25) is 0 Å². The number of nitrogens with zero attached hydrogens (tertiary/aromatic N) is 2. The molecular formula is C34H54N4O2. The van der Waals surface area contributed by atoms with E-state index in [2.05, 4.69) is 48.1 Å². The van der Waals surface area contributed by atoms with Gasteiger partial charge in [0.25, 0.3) is 0 Å². The summed E-state index contributed by atoms with van der Waals surface area (Å²) in [6.45, 7) is 20.3. The number of carbonyl (C=O) groups excluding carboxylic acids is 2. The van der Waals surface area contributed by atoms with E-state index in [1.165, 1.54) is 0 Å². The molecule has 2 N–H and O–H groups in total. The van der Waals surface area contributed by atoms with Crippen molar-refractivity contribution in [3.63, 3.8) is 0 Å². The predicted molar refractivity (Wildman–Crippen MR) is 170 cm³/mol. The van der Waals surface area contributed by atoms with Gasteiger partial charge in [-0.1, -0.05) is 64.1 Å². The molecule has 0 bridgehead atoms. The lowest BCUT2D eigenvalue weighted by atomic mass is 10.1. The number of carbonyl (C=O) groups is 2. The van der Waals surface area contributed by atoms with Crippen LogP contribution in [-0.2, 0) is 9.59 Å². The van der Waals surface area contributed by atoms with Crippen molar-refractivity contribution in [3.8, 4) is 0 Å². The largest absolute Gasteiger partial charge is 0.324 e. The number of hydrogen-bond acceptors (Lipinski definition) is 4. The fraction of sp³-hybridized carbons (Fsp3) is 0.588. The fourth-order valence-corrected chi connectivity index (χ4v) is 5.71. The summed E-state index contributed by atoms with van der Waals surface area (Å²) in [6.07, 6.45) is 5.53. The Morgan fingerprint density at radius 3 is 1.20 bits per heavy atom. The normalized spacial score (nSPS) is 12.9. The summed E-state index contributed by atoms with van der Waals surface area (Å²) in [6, 6.07) is 11.9. The van der Waals surface area contributed by atoms with E-state index in [4.69, 9.17) is 0 Å². The van der Waals surface area contributed by atoms with Gasteiger partial charge >= 0.3 is 0 Å². The lowest BCUT2D eigenvalue weighted by Gasteiger charge is -2.32. The smallest absolute Gasteiger partial charge is 0.241 e. The lowest BCUT2D eigenvalue weighted by molar-refractivity contribution is -0.122. The molecule has 0 saturated heterocycles. The van der Waals surface area contributed by atoms with Crippen LogP contribution in [0.5, 0.6) is 0 Å². The molecule has 0 aromatic heterocycles. The number of nitrogens with one attached hydrogen (secondary N) is 2. The highest BCUT2D eigenvalue weighted by Gasteiger charge is 2.26. The van der Waals surface area contributed by atoms with Crippen molar-refractivity contribution in [1.82, 2.24) is 9.80 Å². The second-order valence-corrected chi connectivity index (χ2v) is 11.1. The Morgan fingerprint density at radius 2 is 0.925 bits per heavy atom. The molecule has 40 heavy (non-hydrogen) atoms. The summed E-state index contributed by atoms with van der Waals surface area (Å²) in [7, 11) is 0. The van der Waals surface area contributed by atoms with Crippen LogP contribution in [-0.4, -0.2) is 59.9 Å². The number of hydrogen-bond donors (Lipinski definition) is 2. The minimum Gasteiger partial charge on any atom is -0.324 e. The highest BCUT2D eigenvalue weighted by molar-refractivity contribution is 5.96. The third kappa shape index (κ3) is 9.45. The van der Waals surface area contributed by atoms with Crippen LogP contribution in [0.15, 0.2) is 36.4 Å². The van der Waals surface area contributed by atoms with Gasteiger partial charge in [0.15, 0.2) is 0 Å². The molecule has 0 spiro atoms. The van der Waals surface area contributed by atoms with Crippen LogP contribution in [0.3, 0.4) is 0 Å². The average molecular weight is 551 g/mol. The number of para-hydroxylation sites is 2. The Balaban J connectivity index is 2.02. The molecule has 6 nitrogen and oxygen atoms in total. The Hall–Kier alpha value is -2.70. The van der Waals surface area contributed by atoms with Crippen LogP contribution >= 0.6 is 0 Å². The van der Waals surface area contributed by atoms with Crippen molar-refractivity contribution in [2.45, 2.75) is 106 Å². The van der Waals surface area contributed by atoms with E-state index < -0.39 is 0 Å². The molecular weight excluding hydrogens is 496 g/mol. The Morgan fingerprint density at radius 1 is 0.600 bits per heavy atom. The van der Waals surface area contributed by atoms with Gasteiger partial charge in [0.1, 0.15) is 0 Å². The van der Waals surface area contributed by atoms with Crippen LogP contribution in [0.25, 0.3) is 0 Å². The quantitative estimate of drug-likeness (QED) is 0.204. The van der Waals surface area contributed by atoms with E-state index in [1.807, 2.05) is 64.1 Å². The molecule has 6 heteroatoms. The Kier molecular flexibility index (Phi) is 14.4. The SMILES string of the molecule is CCCN(CCCCN(CCC)C(CC)C(=O)Nc1c(C)cccc1C)C(CC)C(=O)Nc1c(C)cccc1C. The molecule has 2 unspecified atom stereocenters. The summed E-state index contributed by atoms with van der Waals surface area (Å²) in [4.78, 5) is 31.5. The highest BCUT2D eigenvalue weighted by atomic mass is 16.2. The molecule has 0 heterocycles. The number of rotatable bonds is 17. The topological polar surface area (TPSA) is 64.7 Å². The number of aryl methyl sites for hydroxylation is 4. The van der Waals surface area contributed by atoms with Crippen molar-refractivity contribution in [3.05, 3.63) is 58.7 Å². The van der Waals surface area contributed by atoms with E-state index in [0.29, 0.717) is 0 Å². The van der Waals surface area contributed by atoms with Crippen LogP contribution in [0, 0.1) is 27.7 Å². The van der Waals surface area contributed by atoms with E-state index in [0.717, 1.165) is 98.3 Å². The van der Waals surface area contributed by atoms with Crippen molar-refractivity contribution in [2.75, 3.05) is 36.8 Å². The second-order valence-electron chi connectivity index (χ2n) is 11.1. The molecule has 2 atom stereocenters. The van der Waals surface area contributed by atoms with E-state index in [-0.39, 0.29) is 23.9 Å². The number of anilines is 2. The van der Waals surface area contributed by atoms with Crippen LogP contribution in [0.4, 0.5) is 11.4 Å². The molecule has 2 aromatic carbocycles. The number of benzene rings is 2. The summed E-state index contributed by atoms with van der Waals surface area (Å²) in [5.41, 5.74) is 6.23. The Labute approximate surface area is 243 Å². The van der Waals surface area contributed by atoms with E-state index >= 15 is 0 Å². The van der Waals surface area contributed by atoms with Gasteiger partial charge in [-0.15, -0.1) is 0 Å². The maximum atomic E-state index is 13.4. The first-order valence-corrected chi connectivity index (χ1v) is 15.4. The van der Waals surface area contributed by atoms with Crippen LogP contribution in [0.1, 0.15) is 88.5 Å². The highest BCUT2D eigenvalue weighted by Crippen LogP contribution is 2.22. The molecule has 2 rings (SSSR count).